The average molecular weight is 259 g/mol. The summed E-state index contributed by atoms with van der Waals surface area (Å²) in [5, 5.41) is 0. The van der Waals surface area contributed by atoms with E-state index in [2.05, 4.69) is 0 Å². The van der Waals surface area contributed by atoms with Gasteiger partial charge in [0.25, 0.3) is 0 Å². The van der Waals surface area contributed by atoms with Crippen LogP contribution in [0.1, 0.15) is 40.0 Å². The lowest BCUT2D eigenvalue weighted by molar-refractivity contribution is -0.151. The summed E-state index contributed by atoms with van der Waals surface area (Å²) in [6.45, 7) is 6.86. The maximum atomic E-state index is 11.8. The van der Waals surface area contributed by atoms with Gasteiger partial charge in [-0.25, -0.2) is 0 Å². The van der Waals surface area contributed by atoms with Gasteiger partial charge in [0.05, 0.1) is 19.6 Å². The lowest BCUT2D eigenvalue weighted by Gasteiger charge is -2.25. The molecule has 1 unspecified atom stereocenters. The van der Waals surface area contributed by atoms with Gasteiger partial charge in [0.15, 0.2) is 0 Å². The average Bonchev–Trinajstić information content (AvgIpc) is 2.33. The van der Waals surface area contributed by atoms with Crippen LogP contribution in [0.15, 0.2) is 0 Å². The predicted octanol–water partition coefficient (Wildman–Crippen LogP) is 1.60. The Hall–Kier alpha value is -1.10. The molecular formula is C13H25NO4. The molecule has 5 heteroatoms. The number of nitrogens with zero attached hydrogens (tertiary/aromatic N) is 1. The third-order valence-electron chi connectivity index (χ3n) is 2.63. The van der Waals surface area contributed by atoms with Gasteiger partial charge < -0.3 is 9.47 Å². The van der Waals surface area contributed by atoms with E-state index in [0.29, 0.717) is 26.2 Å². The van der Waals surface area contributed by atoms with Crippen LogP contribution in [0.2, 0.25) is 0 Å². The van der Waals surface area contributed by atoms with E-state index in [0.717, 1.165) is 12.8 Å². The molecule has 18 heavy (non-hydrogen) atoms. The van der Waals surface area contributed by atoms with Gasteiger partial charge in [-0.1, -0.05) is 13.3 Å². The number of hydrogen-bond donors (Lipinski definition) is 0. The van der Waals surface area contributed by atoms with Gasteiger partial charge in [-0.2, -0.15) is 0 Å². The molecule has 0 aliphatic rings. The number of esters is 2. The van der Waals surface area contributed by atoms with E-state index in [1.54, 1.807) is 13.8 Å². The Morgan fingerprint density at radius 3 is 2.22 bits per heavy atom. The zero-order valence-electron chi connectivity index (χ0n) is 11.9. The third kappa shape index (κ3) is 6.59. The lowest BCUT2D eigenvalue weighted by Crippen LogP contribution is -2.40. The van der Waals surface area contributed by atoms with Crippen molar-refractivity contribution in [1.82, 2.24) is 4.90 Å². The molecule has 0 radical (unpaired) electrons. The maximum absolute atomic E-state index is 11.8. The number of carbonyl (C=O) groups is 2. The predicted molar refractivity (Wildman–Crippen MR) is 69.2 cm³/mol. The fourth-order valence-corrected chi connectivity index (χ4v) is 1.69. The highest BCUT2D eigenvalue weighted by Gasteiger charge is 2.23. The van der Waals surface area contributed by atoms with E-state index >= 15 is 0 Å². The zero-order valence-corrected chi connectivity index (χ0v) is 11.9. The van der Waals surface area contributed by atoms with Crippen LogP contribution in [0.5, 0.6) is 0 Å². The van der Waals surface area contributed by atoms with Crippen LogP contribution in [0, 0.1) is 0 Å². The second kappa shape index (κ2) is 9.88. The Bertz CT molecular complexity index is 255. The molecule has 0 aliphatic carbocycles. The van der Waals surface area contributed by atoms with Crippen molar-refractivity contribution in [2.24, 2.45) is 0 Å². The summed E-state index contributed by atoms with van der Waals surface area (Å²) in [7, 11) is 1.83. The van der Waals surface area contributed by atoms with Crippen LogP contribution in [-0.2, 0) is 19.1 Å². The van der Waals surface area contributed by atoms with Gasteiger partial charge in [0.2, 0.25) is 0 Å². The molecule has 0 spiro atoms. The number of rotatable bonds is 9. The van der Waals surface area contributed by atoms with E-state index in [1.165, 1.54) is 0 Å². The minimum absolute atomic E-state index is 0.217. The quantitative estimate of drug-likeness (QED) is 0.589. The smallest absolute Gasteiger partial charge is 0.323 e. The van der Waals surface area contributed by atoms with Crippen LogP contribution in [0.25, 0.3) is 0 Å². The summed E-state index contributed by atoms with van der Waals surface area (Å²) in [5.74, 6) is -0.450. The van der Waals surface area contributed by atoms with Gasteiger partial charge >= 0.3 is 11.9 Å². The first-order valence-electron chi connectivity index (χ1n) is 6.59. The van der Waals surface area contributed by atoms with Crippen molar-refractivity contribution in [3.8, 4) is 0 Å². The van der Waals surface area contributed by atoms with E-state index in [9.17, 15) is 9.59 Å². The van der Waals surface area contributed by atoms with Crippen molar-refractivity contribution in [2.75, 3.05) is 26.8 Å². The Morgan fingerprint density at radius 2 is 1.72 bits per heavy atom. The van der Waals surface area contributed by atoms with E-state index in [4.69, 9.17) is 9.47 Å². The molecule has 0 aliphatic heterocycles. The minimum atomic E-state index is -0.274. The van der Waals surface area contributed by atoms with Gasteiger partial charge in [-0.3, -0.25) is 14.5 Å². The molecule has 0 rings (SSSR count). The first kappa shape index (κ1) is 16.9. The molecule has 0 aromatic carbocycles. The topological polar surface area (TPSA) is 55.8 Å². The summed E-state index contributed by atoms with van der Waals surface area (Å²) in [4.78, 5) is 24.9. The lowest BCUT2D eigenvalue weighted by atomic mass is 10.1. The SMILES string of the molecule is CCCC(C(=O)OCC)N(C)CCC(=O)OCC. The summed E-state index contributed by atoms with van der Waals surface area (Å²) >= 11 is 0. The molecule has 5 nitrogen and oxygen atoms in total. The van der Waals surface area contributed by atoms with Crippen LogP contribution in [-0.4, -0.2) is 49.7 Å². The van der Waals surface area contributed by atoms with E-state index in [-0.39, 0.29) is 18.0 Å². The molecule has 0 N–H and O–H groups in total. The van der Waals surface area contributed by atoms with Crippen molar-refractivity contribution >= 4 is 11.9 Å². The molecule has 0 amide bonds. The van der Waals surface area contributed by atoms with E-state index in [1.807, 2.05) is 18.9 Å². The second-order valence-electron chi connectivity index (χ2n) is 4.09. The fourth-order valence-electron chi connectivity index (χ4n) is 1.69. The van der Waals surface area contributed by atoms with Crippen molar-refractivity contribution in [1.29, 1.82) is 0 Å². The highest BCUT2D eigenvalue weighted by Crippen LogP contribution is 2.08. The first-order chi connectivity index (χ1) is 8.56. The van der Waals surface area contributed by atoms with Crippen LogP contribution < -0.4 is 0 Å². The minimum Gasteiger partial charge on any atom is -0.466 e. The molecule has 0 fully saturated rings. The normalized spacial score (nSPS) is 12.3. The Balaban J connectivity index is 4.24. The highest BCUT2D eigenvalue weighted by atomic mass is 16.5. The van der Waals surface area contributed by atoms with Crippen molar-refractivity contribution in [3.63, 3.8) is 0 Å². The van der Waals surface area contributed by atoms with Crippen LogP contribution >= 0.6 is 0 Å². The summed E-state index contributed by atoms with van der Waals surface area (Å²) in [5.41, 5.74) is 0. The van der Waals surface area contributed by atoms with Gasteiger partial charge in [-0.15, -0.1) is 0 Å². The highest BCUT2D eigenvalue weighted by molar-refractivity contribution is 5.76. The fraction of sp³-hybridized carbons (Fsp3) is 0.846. The molecule has 0 aromatic heterocycles. The molecule has 0 saturated heterocycles. The number of hydrogen-bond acceptors (Lipinski definition) is 5. The standard InChI is InChI=1S/C13H25NO4/c1-5-8-11(13(16)18-7-3)14(4)10-9-12(15)17-6-2/h11H,5-10H2,1-4H3. The third-order valence-corrected chi connectivity index (χ3v) is 2.63. The monoisotopic (exact) mass is 259 g/mol. The molecule has 1 atom stereocenters. The first-order valence-corrected chi connectivity index (χ1v) is 6.59. The molecule has 0 saturated carbocycles. The summed E-state index contributed by atoms with van der Waals surface area (Å²) < 4.78 is 9.89. The number of ether oxygens (including phenoxy) is 2. The van der Waals surface area contributed by atoms with Crippen LogP contribution in [0.3, 0.4) is 0 Å². The van der Waals surface area contributed by atoms with E-state index < -0.39 is 0 Å². The van der Waals surface area contributed by atoms with Crippen LogP contribution in [0.4, 0.5) is 0 Å². The van der Waals surface area contributed by atoms with Gasteiger partial charge in [0, 0.05) is 6.54 Å². The summed E-state index contributed by atoms with van der Waals surface area (Å²) in [6, 6.07) is -0.274. The molecule has 0 heterocycles. The van der Waals surface area contributed by atoms with Gasteiger partial charge in [0.1, 0.15) is 6.04 Å². The Morgan fingerprint density at radius 1 is 1.11 bits per heavy atom. The molecular weight excluding hydrogens is 234 g/mol. The molecule has 0 aromatic rings. The summed E-state index contributed by atoms with van der Waals surface area (Å²) in [6.07, 6.45) is 1.93. The Kier molecular flexibility index (Phi) is 9.28. The Labute approximate surface area is 109 Å². The zero-order chi connectivity index (χ0) is 14.0. The van der Waals surface area contributed by atoms with Crippen molar-refractivity contribution in [2.45, 2.75) is 46.1 Å². The van der Waals surface area contributed by atoms with Gasteiger partial charge in [-0.05, 0) is 27.3 Å². The largest absolute Gasteiger partial charge is 0.466 e. The van der Waals surface area contributed by atoms with Crippen molar-refractivity contribution in [3.05, 3.63) is 0 Å². The van der Waals surface area contributed by atoms with Crippen molar-refractivity contribution < 1.29 is 19.1 Å². The molecule has 106 valence electrons. The maximum Gasteiger partial charge on any atom is 0.323 e. The molecule has 0 bridgehead atoms. The number of likely N-dealkylation sites (N-methyl/N-ethyl adjacent to an activating group) is 1. The number of carbonyl (C=O) groups excluding carboxylic acids is 2. The second-order valence-corrected chi connectivity index (χ2v) is 4.09.